The van der Waals surface area contributed by atoms with Gasteiger partial charge in [0.25, 0.3) is 11.4 Å². The van der Waals surface area contributed by atoms with E-state index < -0.39 is 9.85 Å². The predicted molar refractivity (Wildman–Crippen MR) is 177 cm³/mol. The fourth-order valence-electron chi connectivity index (χ4n) is 5.69. The van der Waals surface area contributed by atoms with Crippen molar-refractivity contribution >= 4 is 57.2 Å². The molecule has 0 saturated carbocycles. The second-order valence-corrected chi connectivity index (χ2v) is 10.6. The van der Waals surface area contributed by atoms with E-state index in [2.05, 4.69) is 36.4 Å². The maximum absolute atomic E-state index is 11.1. The largest absolute Gasteiger partial charge is 0.456 e. The molecule has 45 heavy (non-hydrogen) atoms. The van der Waals surface area contributed by atoms with Gasteiger partial charge in [-0.2, -0.15) is 0 Å². The van der Waals surface area contributed by atoms with Gasteiger partial charge in [-0.15, -0.1) is 0 Å². The molecule has 0 fully saturated rings. The second kappa shape index (κ2) is 11.4. The molecule has 1 heterocycles. The van der Waals surface area contributed by atoms with Crippen LogP contribution < -0.4 is 9.47 Å². The average molecular weight is 593 g/mol. The molecule has 0 unspecified atom stereocenters. The number of hydrogen-bond acceptors (Lipinski definition) is 6. The molecule has 1 aliphatic rings. The van der Waals surface area contributed by atoms with E-state index in [1.54, 1.807) is 24.3 Å². The summed E-state index contributed by atoms with van der Waals surface area (Å²) in [5.74, 6) is 1.35. The van der Waals surface area contributed by atoms with Gasteiger partial charge in [-0.25, -0.2) is 0 Å². The van der Waals surface area contributed by atoms with Gasteiger partial charge in [0.1, 0.15) is 11.5 Å². The van der Waals surface area contributed by atoms with Crippen LogP contribution in [0.4, 0.5) is 11.4 Å². The van der Waals surface area contributed by atoms with Gasteiger partial charge in [-0.1, -0.05) is 72.8 Å². The van der Waals surface area contributed by atoms with Crippen molar-refractivity contribution in [2.24, 2.45) is 0 Å². The normalized spacial score (nSPS) is 12.4. The van der Waals surface area contributed by atoms with Crippen LogP contribution in [0.5, 0.6) is 11.5 Å². The Morgan fingerprint density at radius 3 is 1.33 bits per heavy atom. The van der Waals surface area contributed by atoms with Crippen LogP contribution in [-0.2, 0) is 0 Å². The molecule has 7 rings (SSSR count). The summed E-state index contributed by atoms with van der Waals surface area (Å²) in [6.07, 6.45) is 7.73. The maximum atomic E-state index is 11.1. The van der Waals surface area contributed by atoms with Gasteiger partial charge < -0.3 is 9.47 Å². The molecule has 0 spiro atoms. The van der Waals surface area contributed by atoms with Crippen molar-refractivity contribution in [3.05, 3.63) is 152 Å². The van der Waals surface area contributed by atoms with Crippen LogP contribution >= 0.6 is 0 Å². The Labute approximate surface area is 257 Å². The maximum Gasteiger partial charge on any atom is 0.269 e. The van der Waals surface area contributed by atoms with Crippen LogP contribution in [0, 0.1) is 20.2 Å². The number of nitro benzene ring substituents is 2. The monoisotopic (exact) mass is 592 g/mol. The predicted octanol–water partition coefficient (Wildman–Crippen LogP) is 9.55. The van der Waals surface area contributed by atoms with Crippen molar-refractivity contribution in [1.82, 2.24) is 0 Å². The third-order valence-corrected chi connectivity index (χ3v) is 7.84. The Morgan fingerprint density at radius 2 is 0.933 bits per heavy atom. The third kappa shape index (κ3) is 5.25. The van der Waals surface area contributed by atoms with Gasteiger partial charge in [-0.05, 0) is 69.1 Å². The van der Waals surface area contributed by atoms with Gasteiger partial charge in [-0.3, -0.25) is 20.2 Å². The molecule has 0 aromatic heterocycles. The smallest absolute Gasteiger partial charge is 0.269 e. The number of nitro groups is 2. The van der Waals surface area contributed by atoms with Crippen LogP contribution in [0.25, 0.3) is 57.0 Å². The van der Waals surface area contributed by atoms with E-state index in [-0.39, 0.29) is 18.2 Å². The van der Waals surface area contributed by atoms with Crippen LogP contribution in [-0.4, -0.2) is 16.6 Å². The van der Waals surface area contributed by atoms with Crippen molar-refractivity contribution in [2.75, 3.05) is 6.79 Å². The summed E-state index contributed by atoms with van der Waals surface area (Å²) in [5.41, 5.74) is 5.21. The first-order valence-corrected chi connectivity index (χ1v) is 14.2. The van der Waals surface area contributed by atoms with Crippen LogP contribution in [0.15, 0.2) is 109 Å². The SMILES string of the molecule is O=[N+]([O-])c1ccc(/C=C/c2cc3ccccc3c3c2OCOc2c(/C=C/c4ccc([N+](=O)[O-])cc4)cc4ccccc4c2-3)cc1. The first-order chi connectivity index (χ1) is 22.0. The molecule has 8 nitrogen and oxygen atoms in total. The molecule has 8 heteroatoms. The van der Waals surface area contributed by atoms with E-state index in [1.165, 1.54) is 24.3 Å². The number of non-ortho nitro benzene ring substituents is 2. The lowest BCUT2D eigenvalue weighted by Crippen LogP contribution is -2.05. The highest BCUT2D eigenvalue weighted by Gasteiger charge is 2.26. The van der Waals surface area contributed by atoms with E-state index >= 15 is 0 Å². The fraction of sp³-hybridized carbons (Fsp3) is 0.0270. The molecule has 0 radical (unpaired) electrons. The Hall–Kier alpha value is -6.28. The number of hydrogen-bond donors (Lipinski definition) is 0. The van der Waals surface area contributed by atoms with Crippen molar-refractivity contribution in [3.8, 4) is 22.6 Å². The van der Waals surface area contributed by atoms with Gasteiger partial charge in [0.15, 0.2) is 0 Å². The molecule has 0 amide bonds. The van der Waals surface area contributed by atoms with E-state index in [9.17, 15) is 20.2 Å². The summed E-state index contributed by atoms with van der Waals surface area (Å²) in [7, 11) is 0. The second-order valence-electron chi connectivity index (χ2n) is 10.6. The van der Waals surface area contributed by atoms with Crippen LogP contribution in [0.1, 0.15) is 22.3 Å². The average Bonchev–Trinajstić information content (AvgIpc) is 3.27. The summed E-state index contributed by atoms with van der Waals surface area (Å²) >= 11 is 0. The molecule has 6 aromatic carbocycles. The zero-order valence-corrected chi connectivity index (χ0v) is 23.8. The first kappa shape index (κ1) is 27.5. The van der Waals surface area contributed by atoms with Crippen LogP contribution in [0.3, 0.4) is 0 Å². The standard InChI is InChI=1S/C37H24N2O6/c40-38(41)30-17-11-24(12-18-30)9-15-28-21-26-5-1-3-7-32(26)34-35-33-8-4-2-6-27(33)22-29(37(35)45-23-44-36(28)34)16-10-25-13-19-31(20-14-25)39(42)43/h1-22H,23H2/b15-9+,16-10+. The minimum absolute atomic E-state index is 0.0204. The molecule has 0 aliphatic carbocycles. The minimum atomic E-state index is -0.415. The Bertz CT molecular complexity index is 2030. The molecular weight excluding hydrogens is 568 g/mol. The van der Waals surface area contributed by atoms with E-state index in [0.717, 1.165) is 54.9 Å². The molecule has 1 aliphatic heterocycles. The summed E-state index contributed by atoms with van der Waals surface area (Å²) in [6.45, 7) is -0.0204. The number of benzene rings is 6. The van der Waals surface area contributed by atoms with Crippen molar-refractivity contribution in [2.45, 2.75) is 0 Å². The third-order valence-electron chi connectivity index (χ3n) is 7.84. The number of nitrogens with zero attached hydrogens (tertiary/aromatic N) is 2. The van der Waals surface area contributed by atoms with E-state index in [4.69, 9.17) is 9.47 Å². The lowest BCUT2D eigenvalue weighted by Gasteiger charge is -2.17. The zero-order chi connectivity index (χ0) is 30.9. The Balaban J connectivity index is 1.42. The number of ether oxygens (including phenoxy) is 2. The molecule has 0 bridgehead atoms. The summed E-state index contributed by atoms with van der Waals surface area (Å²) < 4.78 is 12.7. The summed E-state index contributed by atoms with van der Waals surface area (Å²) in [6, 6.07) is 33.2. The van der Waals surface area contributed by atoms with E-state index in [1.807, 2.05) is 48.6 Å². The lowest BCUT2D eigenvalue weighted by molar-refractivity contribution is -0.385. The fourth-order valence-corrected chi connectivity index (χ4v) is 5.69. The molecule has 0 atom stereocenters. The number of fused-ring (bicyclic) bond motifs is 7. The molecule has 6 aromatic rings. The van der Waals surface area contributed by atoms with Crippen molar-refractivity contribution in [3.63, 3.8) is 0 Å². The lowest BCUT2D eigenvalue weighted by atomic mass is 9.88. The van der Waals surface area contributed by atoms with Gasteiger partial charge in [0.05, 0.1) is 9.85 Å². The highest BCUT2D eigenvalue weighted by molar-refractivity contribution is 6.12. The van der Waals surface area contributed by atoms with Crippen molar-refractivity contribution in [1.29, 1.82) is 0 Å². The van der Waals surface area contributed by atoms with Gasteiger partial charge >= 0.3 is 0 Å². The molecule has 0 N–H and O–H groups in total. The number of rotatable bonds is 6. The van der Waals surface area contributed by atoms with Gasteiger partial charge in [0, 0.05) is 46.5 Å². The Morgan fingerprint density at radius 1 is 0.533 bits per heavy atom. The zero-order valence-electron chi connectivity index (χ0n) is 23.8. The molecule has 0 saturated heterocycles. The summed E-state index contributed by atoms with van der Waals surface area (Å²) in [4.78, 5) is 21.4. The minimum Gasteiger partial charge on any atom is -0.456 e. The highest BCUT2D eigenvalue weighted by atomic mass is 16.7. The first-order valence-electron chi connectivity index (χ1n) is 14.2. The van der Waals surface area contributed by atoms with Crippen molar-refractivity contribution < 1.29 is 19.3 Å². The Kier molecular flexibility index (Phi) is 6.99. The van der Waals surface area contributed by atoms with Gasteiger partial charge in [0.2, 0.25) is 6.79 Å². The molecule has 218 valence electrons. The quantitative estimate of drug-likeness (QED) is 0.108. The summed E-state index contributed by atoms with van der Waals surface area (Å²) in [5, 5.41) is 26.3. The topological polar surface area (TPSA) is 105 Å². The van der Waals surface area contributed by atoms with Crippen LogP contribution in [0.2, 0.25) is 0 Å². The highest BCUT2D eigenvalue weighted by Crippen LogP contribution is 2.50. The molecular formula is C37H24N2O6. The van der Waals surface area contributed by atoms with E-state index in [0.29, 0.717) is 11.5 Å².